The minimum absolute atomic E-state index is 0.350. The lowest BCUT2D eigenvalue weighted by molar-refractivity contribution is 0.149. The lowest BCUT2D eigenvalue weighted by Gasteiger charge is -2.17. The average molecular weight is 122 g/mol. The Bertz CT molecular complexity index is 162. The normalized spacial score (nSPS) is 38.2. The van der Waals surface area contributed by atoms with Crippen molar-refractivity contribution >= 4 is 6.21 Å². The van der Waals surface area contributed by atoms with E-state index in [2.05, 4.69) is 4.99 Å². The van der Waals surface area contributed by atoms with E-state index in [4.69, 9.17) is 4.74 Å². The second kappa shape index (κ2) is 1.87. The summed E-state index contributed by atoms with van der Waals surface area (Å²) < 4.78 is 5.25. The predicted octanol–water partition coefficient (Wildman–Crippen LogP) is 1.15. The van der Waals surface area contributed by atoms with E-state index in [1.807, 2.05) is 18.8 Å². The molecule has 2 aliphatic rings. The fraction of sp³-hybridized carbons (Fsp3) is 0.429. The summed E-state index contributed by atoms with van der Waals surface area (Å²) >= 11 is 0. The van der Waals surface area contributed by atoms with E-state index >= 15 is 0 Å². The fourth-order valence-electron chi connectivity index (χ4n) is 1.14. The summed E-state index contributed by atoms with van der Waals surface area (Å²) in [4.78, 5) is 4.04. The van der Waals surface area contributed by atoms with Gasteiger partial charge in [-0.1, -0.05) is 0 Å². The number of nitrogens with zero attached hydrogens (tertiary/aromatic N) is 1. The van der Waals surface area contributed by atoms with Crippen molar-refractivity contribution < 1.29 is 4.74 Å². The van der Waals surface area contributed by atoms with Gasteiger partial charge in [-0.15, -0.1) is 0 Å². The molecule has 9 heavy (non-hydrogen) atoms. The molecule has 47 valence electrons. The van der Waals surface area contributed by atoms with Crippen LogP contribution in [-0.2, 0) is 4.74 Å². The van der Waals surface area contributed by atoms with E-state index in [0.29, 0.717) is 12.0 Å². The van der Waals surface area contributed by atoms with Gasteiger partial charge >= 0.3 is 0 Å². The van der Waals surface area contributed by atoms with Crippen molar-refractivity contribution in [2.75, 3.05) is 0 Å². The minimum atomic E-state index is 0.350. The maximum atomic E-state index is 5.25. The Morgan fingerprint density at radius 3 is 3.44 bits per heavy atom. The van der Waals surface area contributed by atoms with Crippen LogP contribution in [0, 0.1) is 12.5 Å². The summed E-state index contributed by atoms with van der Waals surface area (Å²) in [5, 5.41) is 0. The largest absolute Gasteiger partial charge is 0.497 e. The highest BCUT2D eigenvalue weighted by Gasteiger charge is 2.25. The van der Waals surface area contributed by atoms with Gasteiger partial charge in [0.15, 0.2) is 0 Å². The summed E-state index contributed by atoms with van der Waals surface area (Å²) in [5.41, 5.74) is 0. The lowest BCUT2D eigenvalue weighted by atomic mass is 10.00. The zero-order valence-electron chi connectivity index (χ0n) is 5.03. The van der Waals surface area contributed by atoms with Crippen molar-refractivity contribution in [2.24, 2.45) is 10.9 Å². The average Bonchev–Trinajstić information content (AvgIpc) is 2.33. The monoisotopic (exact) mass is 122 g/mol. The van der Waals surface area contributed by atoms with Gasteiger partial charge in [-0.05, 0) is 6.08 Å². The molecule has 0 spiro atoms. The molecule has 0 aliphatic carbocycles. The summed E-state index contributed by atoms with van der Waals surface area (Å²) in [7, 11) is 0. The van der Waals surface area contributed by atoms with Gasteiger partial charge in [0.05, 0.1) is 12.8 Å². The SMILES string of the molecule is [CH]1N=CCC2OC=CC12. The van der Waals surface area contributed by atoms with Gasteiger partial charge in [0.2, 0.25) is 0 Å². The number of hydrogen-bond donors (Lipinski definition) is 0. The molecule has 0 saturated carbocycles. The van der Waals surface area contributed by atoms with Crippen LogP contribution < -0.4 is 0 Å². The highest BCUT2D eigenvalue weighted by molar-refractivity contribution is 5.60. The molecule has 2 nitrogen and oxygen atoms in total. The van der Waals surface area contributed by atoms with Crippen molar-refractivity contribution in [3.8, 4) is 0 Å². The molecular weight excluding hydrogens is 114 g/mol. The Kier molecular flexibility index (Phi) is 1.04. The van der Waals surface area contributed by atoms with Crippen LogP contribution in [0.1, 0.15) is 6.42 Å². The zero-order valence-corrected chi connectivity index (χ0v) is 5.03. The molecule has 2 heterocycles. The maximum absolute atomic E-state index is 5.25. The molecule has 1 radical (unpaired) electrons. The Hall–Kier alpha value is -0.790. The highest BCUT2D eigenvalue weighted by atomic mass is 16.5. The predicted molar refractivity (Wildman–Crippen MR) is 34.9 cm³/mol. The number of fused-ring (bicyclic) bond motifs is 1. The van der Waals surface area contributed by atoms with Gasteiger partial charge in [0.1, 0.15) is 6.10 Å². The van der Waals surface area contributed by atoms with Crippen LogP contribution in [0.3, 0.4) is 0 Å². The van der Waals surface area contributed by atoms with Crippen LogP contribution in [0.15, 0.2) is 17.3 Å². The highest BCUT2D eigenvalue weighted by Crippen LogP contribution is 2.25. The van der Waals surface area contributed by atoms with Crippen LogP contribution >= 0.6 is 0 Å². The molecule has 0 saturated heterocycles. The molecule has 0 bridgehead atoms. The second-order valence-corrected chi connectivity index (χ2v) is 2.30. The Labute approximate surface area is 54.2 Å². The topological polar surface area (TPSA) is 21.6 Å². The number of rotatable bonds is 0. The first-order valence-electron chi connectivity index (χ1n) is 3.14. The van der Waals surface area contributed by atoms with Crippen molar-refractivity contribution in [3.05, 3.63) is 18.9 Å². The second-order valence-electron chi connectivity index (χ2n) is 2.30. The third-order valence-corrected chi connectivity index (χ3v) is 1.68. The summed E-state index contributed by atoms with van der Waals surface area (Å²) in [6.45, 7) is 1.93. The molecule has 0 N–H and O–H groups in total. The number of ether oxygens (including phenoxy) is 1. The van der Waals surface area contributed by atoms with Gasteiger partial charge in [0.25, 0.3) is 0 Å². The van der Waals surface area contributed by atoms with E-state index in [-0.39, 0.29) is 0 Å². The zero-order chi connectivity index (χ0) is 6.10. The van der Waals surface area contributed by atoms with Gasteiger partial charge < -0.3 is 4.74 Å². The van der Waals surface area contributed by atoms with Crippen molar-refractivity contribution in [2.45, 2.75) is 12.5 Å². The first kappa shape index (κ1) is 5.03. The summed E-state index contributed by atoms with van der Waals surface area (Å²) in [6, 6.07) is 0. The molecule has 0 aromatic rings. The van der Waals surface area contributed by atoms with Crippen LogP contribution in [0.2, 0.25) is 0 Å². The molecule has 2 heteroatoms. The molecule has 2 atom stereocenters. The molecule has 0 aromatic heterocycles. The third kappa shape index (κ3) is 0.745. The Balaban J connectivity index is 2.13. The molecule has 0 amide bonds. The first-order chi connectivity index (χ1) is 4.47. The molecule has 2 rings (SSSR count). The molecular formula is C7H8NO. The van der Waals surface area contributed by atoms with Crippen LogP contribution in [0.5, 0.6) is 0 Å². The van der Waals surface area contributed by atoms with Crippen molar-refractivity contribution in [3.63, 3.8) is 0 Å². The number of aliphatic imine (C=N–C) groups is 1. The van der Waals surface area contributed by atoms with E-state index in [9.17, 15) is 0 Å². The smallest absolute Gasteiger partial charge is 0.111 e. The lowest BCUT2D eigenvalue weighted by Crippen LogP contribution is -2.20. The van der Waals surface area contributed by atoms with Gasteiger partial charge in [-0.25, -0.2) is 0 Å². The Morgan fingerprint density at radius 2 is 2.56 bits per heavy atom. The summed E-state index contributed by atoms with van der Waals surface area (Å²) in [6.07, 6.45) is 7.01. The van der Waals surface area contributed by atoms with Crippen molar-refractivity contribution in [1.82, 2.24) is 0 Å². The quantitative estimate of drug-likeness (QED) is 0.472. The van der Waals surface area contributed by atoms with Gasteiger partial charge in [0, 0.05) is 18.6 Å². The molecule has 2 unspecified atom stereocenters. The van der Waals surface area contributed by atoms with E-state index < -0.39 is 0 Å². The van der Waals surface area contributed by atoms with Crippen LogP contribution in [0.25, 0.3) is 0 Å². The van der Waals surface area contributed by atoms with Gasteiger partial charge in [-0.2, -0.15) is 0 Å². The van der Waals surface area contributed by atoms with Crippen LogP contribution in [0.4, 0.5) is 0 Å². The third-order valence-electron chi connectivity index (χ3n) is 1.68. The van der Waals surface area contributed by atoms with E-state index in [0.717, 1.165) is 6.42 Å². The van der Waals surface area contributed by atoms with Crippen LogP contribution in [-0.4, -0.2) is 12.3 Å². The van der Waals surface area contributed by atoms with Gasteiger partial charge in [-0.3, -0.25) is 4.99 Å². The number of hydrogen-bond acceptors (Lipinski definition) is 2. The Morgan fingerprint density at radius 1 is 1.56 bits per heavy atom. The minimum Gasteiger partial charge on any atom is -0.497 e. The maximum Gasteiger partial charge on any atom is 0.111 e. The molecule has 0 aromatic carbocycles. The molecule has 0 fully saturated rings. The fourth-order valence-corrected chi connectivity index (χ4v) is 1.14. The van der Waals surface area contributed by atoms with Crippen molar-refractivity contribution in [1.29, 1.82) is 0 Å². The van der Waals surface area contributed by atoms with E-state index in [1.165, 1.54) is 0 Å². The summed E-state index contributed by atoms with van der Waals surface area (Å²) in [5.74, 6) is 0.440. The first-order valence-corrected chi connectivity index (χ1v) is 3.14. The molecule has 2 aliphatic heterocycles. The van der Waals surface area contributed by atoms with E-state index in [1.54, 1.807) is 6.26 Å². The standard InChI is InChI=1S/C7H8NO/c1-3-8-5-6-2-4-9-7(1)6/h2-7H,1H2.